The van der Waals surface area contributed by atoms with Gasteiger partial charge in [0.25, 0.3) is 0 Å². The van der Waals surface area contributed by atoms with Gasteiger partial charge in [-0.25, -0.2) is 0 Å². The molecule has 1 aromatic rings. The fourth-order valence-corrected chi connectivity index (χ4v) is 1.90. The second-order valence-electron chi connectivity index (χ2n) is 2.72. The summed E-state index contributed by atoms with van der Waals surface area (Å²) < 4.78 is 1.97. The lowest BCUT2D eigenvalue weighted by molar-refractivity contribution is 0.648. The molecule has 0 saturated carbocycles. The summed E-state index contributed by atoms with van der Waals surface area (Å²) in [7, 11) is 3.91. The van der Waals surface area contributed by atoms with Gasteiger partial charge in [-0.15, -0.1) is 0 Å². The minimum Gasteiger partial charge on any atom is -0.363 e. The lowest BCUT2D eigenvalue weighted by Crippen LogP contribution is -2.15. The molecule has 0 aromatic heterocycles. The van der Waals surface area contributed by atoms with Crippen molar-refractivity contribution in [3.05, 3.63) is 28.7 Å². The Kier molecular flexibility index (Phi) is 4.22. The number of thiocarbonyl (C=S) groups is 1. The highest BCUT2D eigenvalue weighted by atomic mass is 79.9. The van der Waals surface area contributed by atoms with Gasteiger partial charge in [0.2, 0.25) is 0 Å². The summed E-state index contributed by atoms with van der Waals surface area (Å²) in [6, 6.07) is 8.12. The Balaban J connectivity index is 2.65. The first-order valence-corrected chi connectivity index (χ1v) is 5.76. The van der Waals surface area contributed by atoms with Crippen LogP contribution in [0.2, 0.25) is 0 Å². The monoisotopic (exact) mass is 275 g/mol. The second-order valence-corrected chi connectivity index (χ2v) is 5.34. The standard InChI is InChI=1S/C9H10BrNS2/c1-11(2)9(12)13-8-5-3-7(10)4-6-8/h3-6H,1-2H3. The molecule has 0 unspecified atom stereocenters. The molecule has 0 aliphatic heterocycles. The fraction of sp³-hybridized carbons (Fsp3) is 0.222. The number of rotatable bonds is 1. The largest absolute Gasteiger partial charge is 0.363 e. The summed E-state index contributed by atoms with van der Waals surface area (Å²) in [5, 5.41) is 0. The van der Waals surface area contributed by atoms with E-state index in [0.29, 0.717) is 0 Å². The third-order valence-corrected chi connectivity index (χ3v) is 3.58. The summed E-state index contributed by atoms with van der Waals surface area (Å²) in [4.78, 5) is 3.10. The summed E-state index contributed by atoms with van der Waals surface area (Å²) in [5.41, 5.74) is 0. The van der Waals surface area contributed by atoms with E-state index >= 15 is 0 Å². The van der Waals surface area contributed by atoms with E-state index in [1.807, 2.05) is 43.3 Å². The molecule has 1 nitrogen and oxygen atoms in total. The van der Waals surface area contributed by atoms with Crippen LogP contribution >= 0.6 is 39.9 Å². The van der Waals surface area contributed by atoms with Crippen LogP contribution in [-0.4, -0.2) is 23.3 Å². The molecular weight excluding hydrogens is 266 g/mol. The highest BCUT2D eigenvalue weighted by Gasteiger charge is 2.01. The van der Waals surface area contributed by atoms with E-state index in [1.54, 1.807) is 11.8 Å². The van der Waals surface area contributed by atoms with Gasteiger partial charge in [-0.05, 0) is 24.3 Å². The van der Waals surface area contributed by atoms with Crippen LogP contribution in [0.5, 0.6) is 0 Å². The van der Waals surface area contributed by atoms with Crippen molar-refractivity contribution in [1.82, 2.24) is 4.90 Å². The van der Waals surface area contributed by atoms with Crippen molar-refractivity contribution >= 4 is 44.2 Å². The molecule has 0 radical (unpaired) electrons. The van der Waals surface area contributed by atoms with Crippen molar-refractivity contribution in [2.24, 2.45) is 0 Å². The van der Waals surface area contributed by atoms with Crippen molar-refractivity contribution in [3.8, 4) is 0 Å². The van der Waals surface area contributed by atoms with Gasteiger partial charge in [-0.3, -0.25) is 0 Å². The third kappa shape index (κ3) is 3.67. The molecule has 0 aliphatic carbocycles. The molecular formula is C9H10BrNS2. The molecule has 0 saturated heterocycles. The molecule has 0 heterocycles. The minimum absolute atomic E-state index is 0.877. The molecule has 0 atom stereocenters. The number of thioether (sulfide) groups is 1. The maximum Gasteiger partial charge on any atom is 0.140 e. The molecule has 0 spiro atoms. The quantitative estimate of drug-likeness (QED) is 0.572. The molecule has 70 valence electrons. The second kappa shape index (κ2) is 4.98. The van der Waals surface area contributed by atoms with E-state index in [-0.39, 0.29) is 0 Å². The van der Waals surface area contributed by atoms with Crippen molar-refractivity contribution in [3.63, 3.8) is 0 Å². The molecule has 0 N–H and O–H groups in total. The normalized spacial score (nSPS) is 9.77. The van der Waals surface area contributed by atoms with Crippen LogP contribution in [-0.2, 0) is 0 Å². The number of halogens is 1. The Morgan fingerprint density at radius 3 is 2.31 bits per heavy atom. The first-order valence-electron chi connectivity index (χ1n) is 3.74. The van der Waals surface area contributed by atoms with Crippen LogP contribution in [0.4, 0.5) is 0 Å². The van der Waals surface area contributed by atoms with Crippen molar-refractivity contribution < 1.29 is 0 Å². The molecule has 0 aliphatic rings. The molecule has 1 aromatic carbocycles. The van der Waals surface area contributed by atoms with Gasteiger partial charge in [0, 0.05) is 23.5 Å². The Morgan fingerprint density at radius 1 is 1.31 bits per heavy atom. The van der Waals surface area contributed by atoms with Crippen LogP contribution in [0.15, 0.2) is 33.6 Å². The summed E-state index contributed by atoms with van der Waals surface area (Å²) in [5.74, 6) is 0. The molecule has 0 amide bonds. The summed E-state index contributed by atoms with van der Waals surface area (Å²) in [6.07, 6.45) is 0. The van der Waals surface area contributed by atoms with E-state index in [0.717, 1.165) is 8.79 Å². The van der Waals surface area contributed by atoms with Gasteiger partial charge < -0.3 is 4.90 Å². The van der Waals surface area contributed by atoms with Gasteiger partial charge in [0.05, 0.1) is 0 Å². The van der Waals surface area contributed by atoms with Crippen LogP contribution < -0.4 is 0 Å². The van der Waals surface area contributed by atoms with Crippen LogP contribution in [0.3, 0.4) is 0 Å². The van der Waals surface area contributed by atoms with Gasteiger partial charge in [-0.1, -0.05) is 39.9 Å². The zero-order valence-corrected chi connectivity index (χ0v) is 10.7. The number of nitrogens with zero attached hydrogens (tertiary/aromatic N) is 1. The molecule has 0 fully saturated rings. The van der Waals surface area contributed by atoms with Gasteiger partial charge >= 0.3 is 0 Å². The van der Waals surface area contributed by atoms with Crippen LogP contribution in [0.25, 0.3) is 0 Å². The predicted molar refractivity (Wildman–Crippen MR) is 66.3 cm³/mol. The molecule has 0 bridgehead atoms. The van der Waals surface area contributed by atoms with Crippen molar-refractivity contribution in [2.75, 3.05) is 14.1 Å². The highest BCUT2D eigenvalue weighted by molar-refractivity contribution is 9.10. The molecule has 13 heavy (non-hydrogen) atoms. The highest BCUT2D eigenvalue weighted by Crippen LogP contribution is 2.22. The predicted octanol–water partition coefficient (Wildman–Crippen LogP) is 3.39. The number of benzene rings is 1. The number of hydrogen-bond donors (Lipinski definition) is 0. The first kappa shape index (κ1) is 11.0. The smallest absolute Gasteiger partial charge is 0.140 e. The van der Waals surface area contributed by atoms with E-state index in [9.17, 15) is 0 Å². The van der Waals surface area contributed by atoms with Gasteiger partial charge in [0.1, 0.15) is 4.32 Å². The average Bonchev–Trinajstić information content (AvgIpc) is 2.08. The zero-order valence-electron chi connectivity index (χ0n) is 7.45. The first-order chi connectivity index (χ1) is 6.09. The van der Waals surface area contributed by atoms with Gasteiger partial charge in [-0.2, -0.15) is 0 Å². The van der Waals surface area contributed by atoms with Gasteiger partial charge in [0.15, 0.2) is 0 Å². The fourth-order valence-electron chi connectivity index (χ4n) is 0.695. The summed E-state index contributed by atoms with van der Waals surface area (Å²) >= 11 is 10.2. The Labute approximate surface area is 96.6 Å². The third-order valence-electron chi connectivity index (χ3n) is 1.38. The maximum atomic E-state index is 5.17. The summed E-state index contributed by atoms with van der Waals surface area (Å²) in [6.45, 7) is 0. The van der Waals surface area contributed by atoms with E-state index in [4.69, 9.17) is 12.2 Å². The minimum atomic E-state index is 0.877. The van der Waals surface area contributed by atoms with Crippen molar-refractivity contribution in [1.29, 1.82) is 0 Å². The average molecular weight is 276 g/mol. The zero-order chi connectivity index (χ0) is 9.84. The van der Waals surface area contributed by atoms with E-state index < -0.39 is 0 Å². The topological polar surface area (TPSA) is 3.24 Å². The number of hydrogen-bond acceptors (Lipinski definition) is 2. The maximum absolute atomic E-state index is 5.17. The Bertz CT molecular complexity index is 295. The van der Waals surface area contributed by atoms with Crippen LogP contribution in [0.1, 0.15) is 0 Å². The lowest BCUT2D eigenvalue weighted by Gasteiger charge is -2.12. The lowest BCUT2D eigenvalue weighted by atomic mass is 10.4. The van der Waals surface area contributed by atoms with E-state index in [1.165, 1.54) is 4.90 Å². The van der Waals surface area contributed by atoms with E-state index in [2.05, 4.69) is 15.9 Å². The van der Waals surface area contributed by atoms with Crippen LogP contribution in [0, 0.1) is 0 Å². The molecule has 4 heteroatoms. The Morgan fingerprint density at radius 2 is 1.85 bits per heavy atom. The van der Waals surface area contributed by atoms with Crippen molar-refractivity contribution in [2.45, 2.75) is 4.90 Å². The Hall–Kier alpha value is -0.0600. The SMILES string of the molecule is CN(C)C(=S)Sc1ccc(Br)cc1. The molecule has 1 rings (SSSR count).